The molecule has 0 unspecified atom stereocenters. The highest BCUT2D eigenvalue weighted by Crippen LogP contribution is 2.28. The van der Waals surface area contributed by atoms with Crippen molar-refractivity contribution in [2.75, 3.05) is 0 Å². The summed E-state index contributed by atoms with van der Waals surface area (Å²) in [5.74, 6) is 0. The maximum Gasteiger partial charge on any atom is 0.273 e. The quantitative estimate of drug-likeness (QED) is 0.782. The fourth-order valence-corrected chi connectivity index (χ4v) is 2.94. The molecule has 2 heterocycles. The molecule has 0 saturated carbocycles. The lowest BCUT2D eigenvalue weighted by Crippen LogP contribution is -2.11. The molecule has 0 atom stereocenters. The fraction of sp³-hybridized carbons (Fsp3) is 0.176. The van der Waals surface area contributed by atoms with Crippen LogP contribution in [-0.2, 0) is 0 Å². The zero-order chi connectivity index (χ0) is 15.9. The Kier molecular flexibility index (Phi) is 3.62. The van der Waals surface area contributed by atoms with Crippen LogP contribution in [0.4, 0.5) is 0 Å². The zero-order valence-corrected chi connectivity index (χ0v) is 13.4. The zero-order valence-electron chi connectivity index (χ0n) is 12.6. The molecule has 0 spiro atoms. The van der Waals surface area contributed by atoms with Gasteiger partial charge >= 0.3 is 0 Å². The number of aromatic amines is 1. The van der Waals surface area contributed by atoms with Gasteiger partial charge in [-0.3, -0.25) is 4.79 Å². The Morgan fingerprint density at radius 2 is 1.77 bits per heavy atom. The van der Waals surface area contributed by atoms with Crippen LogP contribution >= 0.6 is 11.6 Å². The van der Waals surface area contributed by atoms with Crippen LogP contribution in [0, 0.1) is 20.8 Å². The molecule has 1 N–H and O–H groups in total. The first-order valence-corrected chi connectivity index (χ1v) is 7.36. The van der Waals surface area contributed by atoms with Crippen molar-refractivity contribution >= 4 is 11.6 Å². The number of nitrogens with one attached hydrogen (secondary N) is 1. The van der Waals surface area contributed by atoms with E-state index >= 15 is 0 Å². The Morgan fingerprint density at radius 1 is 1.09 bits per heavy atom. The second kappa shape index (κ2) is 5.46. The molecule has 0 fully saturated rings. The second-order valence-corrected chi connectivity index (χ2v) is 5.78. The Labute approximate surface area is 133 Å². The summed E-state index contributed by atoms with van der Waals surface area (Å²) in [4.78, 5) is 12.0. The molecule has 0 bridgehead atoms. The van der Waals surface area contributed by atoms with Crippen molar-refractivity contribution in [2.24, 2.45) is 0 Å². The summed E-state index contributed by atoms with van der Waals surface area (Å²) in [5.41, 5.74) is 5.41. The van der Waals surface area contributed by atoms with Crippen LogP contribution in [0.1, 0.15) is 17.0 Å². The molecular weight excluding hydrogens is 298 g/mol. The smallest absolute Gasteiger partial charge is 0.273 e. The summed E-state index contributed by atoms with van der Waals surface area (Å²) < 4.78 is 2.17. The Balaban J connectivity index is 2.26. The van der Waals surface area contributed by atoms with E-state index in [0.29, 0.717) is 10.6 Å². The minimum atomic E-state index is -0.289. The maximum absolute atomic E-state index is 12.0. The normalized spacial score (nSPS) is 10.9. The van der Waals surface area contributed by atoms with Crippen molar-refractivity contribution in [3.8, 4) is 16.8 Å². The van der Waals surface area contributed by atoms with Gasteiger partial charge in [0.2, 0.25) is 0 Å². The van der Waals surface area contributed by atoms with Crippen molar-refractivity contribution in [3.63, 3.8) is 0 Å². The predicted molar refractivity (Wildman–Crippen MR) is 88.8 cm³/mol. The van der Waals surface area contributed by atoms with Gasteiger partial charge < -0.3 is 4.57 Å². The van der Waals surface area contributed by atoms with Crippen LogP contribution in [0.15, 0.2) is 41.3 Å². The van der Waals surface area contributed by atoms with E-state index in [1.807, 2.05) is 18.2 Å². The average molecular weight is 314 g/mol. The Hall–Kier alpha value is -2.33. The highest BCUT2D eigenvalue weighted by atomic mass is 35.5. The first-order valence-electron chi connectivity index (χ1n) is 6.98. The molecule has 22 heavy (non-hydrogen) atoms. The van der Waals surface area contributed by atoms with E-state index in [9.17, 15) is 4.79 Å². The standard InChI is InChI=1S/C17H16ClN3O/c1-10-4-7-13(16-14(18)9-19-20-17(16)22)8-15(10)21-11(2)5-6-12(21)3/h4-9H,1-3H3,(H,20,22). The highest BCUT2D eigenvalue weighted by molar-refractivity contribution is 6.33. The summed E-state index contributed by atoms with van der Waals surface area (Å²) in [7, 11) is 0. The van der Waals surface area contributed by atoms with Crippen LogP contribution in [0.5, 0.6) is 0 Å². The molecule has 0 aliphatic rings. The summed E-state index contributed by atoms with van der Waals surface area (Å²) in [5, 5.41) is 6.49. The average Bonchev–Trinajstić information content (AvgIpc) is 2.80. The number of halogens is 1. The summed E-state index contributed by atoms with van der Waals surface area (Å²) >= 11 is 6.15. The second-order valence-electron chi connectivity index (χ2n) is 5.37. The number of nitrogens with zero attached hydrogens (tertiary/aromatic N) is 2. The van der Waals surface area contributed by atoms with Crippen LogP contribution < -0.4 is 5.56 Å². The van der Waals surface area contributed by atoms with Gasteiger partial charge in [-0.2, -0.15) is 5.10 Å². The number of hydrogen-bond acceptors (Lipinski definition) is 2. The minimum Gasteiger partial charge on any atom is -0.318 e. The lowest BCUT2D eigenvalue weighted by atomic mass is 10.0. The molecule has 3 rings (SSSR count). The molecular formula is C17H16ClN3O. The molecule has 0 amide bonds. The number of H-pyrrole nitrogens is 1. The van der Waals surface area contributed by atoms with Crippen LogP contribution in [-0.4, -0.2) is 14.8 Å². The van der Waals surface area contributed by atoms with Gasteiger partial charge in [0.25, 0.3) is 5.56 Å². The van der Waals surface area contributed by atoms with E-state index in [0.717, 1.165) is 28.2 Å². The van der Waals surface area contributed by atoms with Crippen LogP contribution in [0.25, 0.3) is 16.8 Å². The third-order valence-corrected chi connectivity index (χ3v) is 4.11. The highest BCUT2D eigenvalue weighted by Gasteiger charge is 2.13. The SMILES string of the molecule is Cc1ccc(-c2c(Cl)cn[nH]c2=O)cc1-n1c(C)ccc1C. The lowest BCUT2D eigenvalue weighted by molar-refractivity contribution is 0.954. The summed E-state index contributed by atoms with van der Waals surface area (Å²) in [6, 6.07) is 10.1. The van der Waals surface area contributed by atoms with Gasteiger partial charge in [0.1, 0.15) is 0 Å². The molecule has 0 radical (unpaired) electrons. The van der Waals surface area contributed by atoms with E-state index in [1.165, 1.54) is 6.20 Å². The molecule has 0 saturated heterocycles. The fourth-order valence-electron chi connectivity index (χ4n) is 2.70. The van der Waals surface area contributed by atoms with Crippen molar-refractivity contribution in [1.29, 1.82) is 0 Å². The van der Waals surface area contributed by atoms with Gasteiger partial charge in [-0.15, -0.1) is 0 Å². The van der Waals surface area contributed by atoms with Crippen molar-refractivity contribution < 1.29 is 0 Å². The Morgan fingerprint density at radius 3 is 2.41 bits per heavy atom. The molecule has 3 aromatic rings. The number of aryl methyl sites for hydroxylation is 3. The van der Waals surface area contributed by atoms with E-state index in [2.05, 4.69) is 47.7 Å². The monoisotopic (exact) mass is 313 g/mol. The maximum atomic E-state index is 12.0. The number of aromatic nitrogens is 3. The molecule has 112 valence electrons. The molecule has 5 heteroatoms. The van der Waals surface area contributed by atoms with Gasteiger partial charge in [0, 0.05) is 17.1 Å². The molecule has 1 aromatic carbocycles. The first kappa shape index (κ1) is 14.6. The van der Waals surface area contributed by atoms with E-state index in [-0.39, 0.29) is 5.56 Å². The largest absolute Gasteiger partial charge is 0.318 e. The summed E-state index contributed by atoms with van der Waals surface area (Å²) in [6.07, 6.45) is 1.45. The third-order valence-electron chi connectivity index (χ3n) is 3.82. The first-order chi connectivity index (χ1) is 10.5. The van der Waals surface area contributed by atoms with E-state index < -0.39 is 0 Å². The van der Waals surface area contributed by atoms with Gasteiger partial charge in [-0.25, -0.2) is 5.10 Å². The molecule has 0 aliphatic heterocycles. The van der Waals surface area contributed by atoms with Crippen LogP contribution in [0.2, 0.25) is 5.02 Å². The number of hydrogen-bond donors (Lipinski definition) is 1. The minimum absolute atomic E-state index is 0.289. The third kappa shape index (κ3) is 2.35. The number of rotatable bonds is 2. The molecule has 0 aliphatic carbocycles. The topological polar surface area (TPSA) is 50.7 Å². The van der Waals surface area contributed by atoms with Gasteiger partial charge in [0.05, 0.1) is 16.8 Å². The van der Waals surface area contributed by atoms with E-state index in [4.69, 9.17) is 11.6 Å². The Bertz CT molecular complexity index is 889. The molecule has 2 aromatic heterocycles. The summed E-state index contributed by atoms with van der Waals surface area (Å²) in [6.45, 7) is 6.17. The van der Waals surface area contributed by atoms with Gasteiger partial charge in [-0.05, 0) is 50.1 Å². The van der Waals surface area contributed by atoms with E-state index in [1.54, 1.807) is 0 Å². The number of benzene rings is 1. The lowest BCUT2D eigenvalue weighted by Gasteiger charge is -2.14. The van der Waals surface area contributed by atoms with Crippen molar-refractivity contribution in [3.05, 3.63) is 68.9 Å². The van der Waals surface area contributed by atoms with Crippen molar-refractivity contribution in [1.82, 2.24) is 14.8 Å². The molecule has 4 nitrogen and oxygen atoms in total. The van der Waals surface area contributed by atoms with Crippen LogP contribution in [0.3, 0.4) is 0 Å². The van der Waals surface area contributed by atoms with Gasteiger partial charge in [-0.1, -0.05) is 23.7 Å². The van der Waals surface area contributed by atoms with Crippen molar-refractivity contribution in [2.45, 2.75) is 20.8 Å². The van der Waals surface area contributed by atoms with Gasteiger partial charge in [0.15, 0.2) is 0 Å². The predicted octanol–water partition coefficient (Wildman–Crippen LogP) is 3.81.